The van der Waals surface area contributed by atoms with Crippen LogP contribution in [0.25, 0.3) is 0 Å². The summed E-state index contributed by atoms with van der Waals surface area (Å²) in [6, 6.07) is -0.279. The molecule has 1 unspecified atom stereocenters. The quantitative estimate of drug-likeness (QED) is 0.731. The Labute approximate surface area is 97.8 Å². The lowest BCUT2D eigenvalue weighted by Crippen LogP contribution is -2.31. The molecule has 3 N–H and O–H groups in total. The van der Waals surface area contributed by atoms with Gasteiger partial charge in [-0.15, -0.1) is 0 Å². The molecule has 1 aliphatic rings. The summed E-state index contributed by atoms with van der Waals surface area (Å²) >= 11 is 5.75. The van der Waals surface area contributed by atoms with Crippen molar-refractivity contribution in [3.05, 3.63) is 11.5 Å². The summed E-state index contributed by atoms with van der Waals surface area (Å²) in [5, 5.41) is 3.17. The van der Waals surface area contributed by atoms with Gasteiger partial charge in [0.1, 0.15) is 18.1 Å². The highest BCUT2D eigenvalue weighted by atomic mass is 35.5. The number of likely N-dealkylation sites (tertiary alicyclic amines) is 1. The van der Waals surface area contributed by atoms with Crippen LogP contribution in [-0.2, 0) is 4.79 Å². The number of carbonyl (C=O) groups excluding carboxylic acids is 1. The minimum absolute atomic E-state index is 0.0362. The molecule has 16 heavy (non-hydrogen) atoms. The van der Waals surface area contributed by atoms with Gasteiger partial charge in [-0.2, -0.15) is 0 Å². The van der Waals surface area contributed by atoms with Crippen LogP contribution in [0.15, 0.2) is 6.33 Å². The first-order chi connectivity index (χ1) is 7.59. The predicted octanol–water partition coefficient (Wildman–Crippen LogP) is 0.355. The van der Waals surface area contributed by atoms with Crippen LogP contribution in [-0.4, -0.2) is 40.4 Å². The van der Waals surface area contributed by atoms with E-state index in [1.54, 1.807) is 11.9 Å². The largest absolute Gasteiger partial charge is 0.393 e. The average Bonchev–Trinajstić information content (AvgIpc) is 2.57. The summed E-state index contributed by atoms with van der Waals surface area (Å²) in [4.78, 5) is 21.0. The molecule has 1 aromatic heterocycles. The molecule has 1 saturated heterocycles. The second kappa shape index (κ2) is 4.13. The number of carbonyl (C=O) groups is 1. The minimum atomic E-state index is -0.279. The molecule has 1 fully saturated rings. The lowest BCUT2D eigenvalue weighted by Gasteiger charge is -2.14. The summed E-state index contributed by atoms with van der Waals surface area (Å²) in [5.74, 6) is 0.447. The summed E-state index contributed by atoms with van der Waals surface area (Å²) in [7, 11) is 1.76. The zero-order valence-electron chi connectivity index (χ0n) is 8.77. The van der Waals surface area contributed by atoms with Gasteiger partial charge in [-0.1, -0.05) is 11.6 Å². The maximum absolute atomic E-state index is 11.7. The third kappa shape index (κ3) is 1.88. The smallest absolute Gasteiger partial charge is 0.244 e. The Balaban J connectivity index is 2.16. The fourth-order valence-corrected chi connectivity index (χ4v) is 1.74. The van der Waals surface area contributed by atoms with E-state index < -0.39 is 0 Å². The summed E-state index contributed by atoms with van der Waals surface area (Å²) in [5.41, 5.74) is 5.97. The molecule has 1 aliphatic heterocycles. The van der Waals surface area contributed by atoms with E-state index in [9.17, 15) is 4.79 Å². The topological polar surface area (TPSA) is 84.1 Å². The van der Waals surface area contributed by atoms with Crippen LogP contribution in [0.3, 0.4) is 0 Å². The number of nitrogens with two attached hydrogens (primary N) is 1. The van der Waals surface area contributed by atoms with E-state index in [-0.39, 0.29) is 22.8 Å². The third-order valence-electron chi connectivity index (χ3n) is 2.57. The van der Waals surface area contributed by atoms with Crippen LogP contribution in [0.4, 0.5) is 11.5 Å². The van der Waals surface area contributed by atoms with Crippen molar-refractivity contribution in [3.8, 4) is 0 Å². The molecule has 0 aliphatic carbocycles. The molecule has 1 aromatic rings. The van der Waals surface area contributed by atoms with Gasteiger partial charge in [0.15, 0.2) is 11.0 Å². The van der Waals surface area contributed by atoms with Crippen molar-refractivity contribution in [2.75, 3.05) is 24.6 Å². The van der Waals surface area contributed by atoms with Crippen LogP contribution in [0.5, 0.6) is 0 Å². The number of anilines is 2. The molecule has 0 aromatic carbocycles. The van der Waals surface area contributed by atoms with E-state index in [2.05, 4.69) is 15.3 Å². The lowest BCUT2D eigenvalue weighted by atomic mass is 10.2. The summed E-state index contributed by atoms with van der Waals surface area (Å²) in [6.07, 6.45) is 2.04. The highest BCUT2D eigenvalue weighted by Gasteiger charge is 2.29. The van der Waals surface area contributed by atoms with E-state index in [0.717, 1.165) is 13.0 Å². The van der Waals surface area contributed by atoms with Gasteiger partial charge in [0.2, 0.25) is 5.91 Å². The second-order valence-electron chi connectivity index (χ2n) is 3.67. The first-order valence-corrected chi connectivity index (χ1v) is 5.25. The van der Waals surface area contributed by atoms with Crippen molar-refractivity contribution in [1.82, 2.24) is 14.9 Å². The van der Waals surface area contributed by atoms with Crippen LogP contribution in [0.2, 0.25) is 5.15 Å². The number of amides is 1. The van der Waals surface area contributed by atoms with E-state index in [1.807, 2.05) is 0 Å². The first-order valence-electron chi connectivity index (χ1n) is 4.87. The number of aromatic nitrogens is 2. The number of rotatable bonds is 2. The molecule has 86 valence electrons. The van der Waals surface area contributed by atoms with Crippen molar-refractivity contribution < 1.29 is 4.79 Å². The molecule has 6 nitrogen and oxygen atoms in total. The fraction of sp³-hybridized carbons (Fsp3) is 0.444. The first kappa shape index (κ1) is 10.9. The number of nitrogens with one attached hydrogen (secondary N) is 1. The number of hydrogen-bond acceptors (Lipinski definition) is 5. The zero-order valence-corrected chi connectivity index (χ0v) is 9.53. The predicted molar refractivity (Wildman–Crippen MR) is 61.1 cm³/mol. The van der Waals surface area contributed by atoms with Gasteiger partial charge in [-0.05, 0) is 6.42 Å². The van der Waals surface area contributed by atoms with E-state index in [1.165, 1.54) is 6.33 Å². The van der Waals surface area contributed by atoms with Gasteiger partial charge in [-0.25, -0.2) is 9.97 Å². The Morgan fingerprint density at radius 2 is 2.38 bits per heavy atom. The molecule has 1 atom stereocenters. The van der Waals surface area contributed by atoms with Crippen molar-refractivity contribution >= 4 is 29.0 Å². The highest BCUT2D eigenvalue weighted by molar-refractivity contribution is 6.32. The molecular formula is C9H12ClN5O. The standard InChI is InChI=1S/C9H12ClN5O/c1-15-3-2-5(9(15)16)14-8-6(11)7(10)12-4-13-8/h4-5H,2-3,11H2,1H3,(H,12,13,14). The molecule has 0 bridgehead atoms. The number of halogens is 1. The van der Waals surface area contributed by atoms with Crippen LogP contribution >= 0.6 is 11.6 Å². The maximum Gasteiger partial charge on any atom is 0.244 e. The van der Waals surface area contributed by atoms with Crippen molar-refractivity contribution in [2.45, 2.75) is 12.5 Å². The number of nitrogen functional groups attached to an aromatic ring is 1. The van der Waals surface area contributed by atoms with Gasteiger partial charge < -0.3 is 16.0 Å². The molecule has 2 rings (SSSR count). The minimum Gasteiger partial charge on any atom is -0.393 e. The van der Waals surface area contributed by atoms with Crippen LogP contribution < -0.4 is 11.1 Å². The van der Waals surface area contributed by atoms with Gasteiger partial charge in [0.05, 0.1) is 0 Å². The molecule has 0 radical (unpaired) electrons. The number of likely N-dealkylation sites (N-methyl/N-ethyl adjacent to an activating group) is 1. The van der Waals surface area contributed by atoms with Gasteiger partial charge in [0, 0.05) is 13.6 Å². The summed E-state index contributed by atoms with van der Waals surface area (Å²) < 4.78 is 0. The van der Waals surface area contributed by atoms with E-state index in [4.69, 9.17) is 17.3 Å². The van der Waals surface area contributed by atoms with Gasteiger partial charge in [0.25, 0.3) is 0 Å². The van der Waals surface area contributed by atoms with Crippen molar-refractivity contribution in [1.29, 1.82) is 0 Å². The van der Waals surface area contributed by atoms with Crippen LogP contribution in [0, 0.1) is 0 Å². The van der Waals surface area contributed by atoms with Crippen molar-refractivity contribution in [2.24, 2.45) is 0 Å². The van der Waals surface area contributed by atoms with Gasteiger partial charge >= 0.3 is 0 Å². The zero-order chi connectivity index (χ0) is 11.7. The maximum atomic E-state index is 11.7. The average molecular weight is 242 g/mol. The molecule has 1 amide bonds. The molecule has 7 heteroatoms. The highest BCUT2D eigenvalue weighted by Crippen LogP contribution is 2.24. The fourth-order valence-electron chi connectivity index (χ4n) is 1.61. The van der Waals surface area contributed by atoms with Crippen molar-refractivity contribution in [3.63, 3.8) is 0 Å². The number of hydrogen-bond donors (Lipinski definition) is 2. The third-order valence-corrected chi connectivity index (χ3v) is 2.87. The Hall–Kier alpha value is -1.56. The normalized spacial score (nSPS) is 20.2. The van der Waals surface area contributed by atoms with Crippen LogP contribution in [0.1, 0.15) is 6.42 Å². The number of nitrogens with zero attached hydrogens (tertiary/aromatic N) is 3. The molecule has 0 saturated carbocycles. The van der Waals surface area contributed by atoms with Gasteiger partial charge in [-0.3, -0.25) is 4.79 Å². The lowest BCUT2D eigenvalue weighted by molar-refractivity contribution is -0.127. The van der Waals surface area contributed by atoms with E-state index in [0.29, 0.717) is 5.82 Å². The molecule has 2 heterocycles. The monoisotopic (exact) mass is 241 g/mol. The Morgan fingerprint density at radius 3 is 3.00 bits per heavy atom. The SMILES string of the molecule is CN1CCC(Nc2ncnc(Cl)c2N)C1=O. The molecular weight excluding hydrogens is 230 g/mol. The summed E-state index contributed by atoms with van der Waals surface area (Å²) in [6.45, 7) is 0.731. The Kier molecular flexibility index (Phi) is 2.82. The molecule has 0 spiro atoms. The second-order valence-corrected chi connectivity index (χ2v) is 4.03. The Morgan fingerprint density at radius 1 is 1.62 bits per heavy atom. The Bertz CT molecular complexity index is 424. The van der Waals surface area contributed by atoms with E-state index >= 15 is 0 Å².